The standard InChI is InChI=1S/C22H22N2O/c1-17-12-14-19(15-13-17)22(18-8-4-2-5-9-18)23-16-21(25)24-20-10-6-3-7-11-20/h2-15,22-23H,16H2,1H3,(H,24,25)/t22-/m0/s1. The lowest BCUT2D eigenvalue weighted by molar-refractivity contribution is -0.115. The van der Waals surface area contributed by atoms with E-state index in [1.54, 1.807) is 0 Å². The van der Waals surface area contributed by atoms with Crippen molar-refractivity contribution in [3.05, 3.63) is 102 Å². The maximum absolute atomic E-state index is 12.3. The number of hydrogen-bond donors (Lipinski definition) is 2. The first-order chi connectivity index (χ1) is 12.2. The minimum Gasteiger partial charge on any atom is -0.325 e. The molecule has 25 heavy (non-hydrogen) atoms. The molecular weight excluding hydrogens is 308 g/mol. The molecule has 0 unspecified atom stereocenters. The molecule has 0 aliphatic carbocycles. The lowest BCUT2D eigenvalue weighted by atomic mass is 9.98. The van der Waals surface area contributed by atoms with Gasteiger partial charge in [-0.05, 0) is 30.2 Å². The summed E-state index contributed by atoms with van der Waals surface area (Å²) in [6.07, 6.45) is 0. The molecule has 3 nitrogen and oxygen atoms in total. The van der Waals surface area contributed by atoms with Crippen molar-refractivity contribution in [3.8, 4) is 0 Å². The van der Waals surface area contributed by atoms with Crippen LogP contribution in [-0.4, -0.2) is 12.5 Å². The number of anilines is 1. The van der Waals surface area contributed by atoms with Gasteiger partial charge in [-0.25, -0.2) is 0 Å². The highest BCUT2D eigenvalue weighted by atomic mass is 16.1. The summed E-state index contributed by atoms with van der Waals surface area (Å²) in [6.45, 7) is 2.31. The number of aryl methyl sites for hydroxylation is 1. The van der Waals surface area contributed by atoms with Crippen molar-refractivity contribution in [2.24, 2.45) is 0 Å². The Morgan fingerprint density at radius 2 is 1.36 bits per heavy atom. The Labute approximate surface area is 148 Å². The van der Waals surface area contributed by atoms with Crippen LogP contribution in [0.15, 0.2) is 84.9 Å². The number of carbonyl (C=O) groups excluding carboxylic acids is 1. The predicted molar refractivity (Wildman–Crippen MR) is 103 cm³/mol. The summed E-state index contributed by atoms with van der Waals surface area (Å²) in [6, 6.07) is 28.1. The van der Waals surface area contributed by atoms with Crippen molar-refractivity contribution in [1.82, 2.24) is 5.32 Å². The van der Waals surface area contributed by atoms with Gasteiger partial charge in [-0.15, -0.1) is 0 Å². The smallest absolute Gasteiger partial charge is 0.238 e. The number of nitrogens with one attached hydrogen (secondary N) is 2. The van der Waals surface area contributed by atoms with Crippen LogP contribution in [-0.2, 0) is 4.79 Å². The predicted octanol–water partition coefficient (Wildman–Crippen LogP) is 4.31. The lowest BCUT2D eigenvalue weighted by Gasteiger charge is -2.20. The average Bonchev–Trinajstić information content (AvgIpc) is 2.65. The highest BCUT2D eigenvalue weighted by Gasteiger charge is 2.15. The highest BCUT2D eigenvalue weighted by Crippen LogP contribution is 2.22. The maximum Gasteiger partial charge on any atom is 0.238 e. The number of hydrogen-bond acceptors (Lipinski definition) is 2. The largest absolute Gasteiger partial charge is 0.325 e. The van der Waals surface area contributed by atoms with Gasteiger partial charge >= 0.3 is 0 Å². The molecule has 0 aliphatic heterocycles. The van der Waals surface area contributed by atoms with Crippen molar-refractivity contribution in [1.29, 1.82) is 0 Å². The van der Waals surface area contributed by atoms with Gasteiger partial charge in [0.1, 0.15) is 0 Å². The van der Waals surface area contributed by atoms with Crippen molar-refractivity contribution in [2.45, 2.75) is 13.0 Å². The van der Waals surface area contributed by atoms with Crippen LogP contribution in [0.2, 0.25) is 0 Å². The Kier molecular flexibility index (Phi) is 5.60. The normalized spacial score (nSPS) is 11.7. The molecule has 3 rings (SSSR count). The first-order valence-corrected chi connectivity index (χ1v) is 8.42. The number of para-hydroxylation sites is 1. The Balaban J connectivity index is 1.72. The lowest BCUT2D eigenvalue weighted by Crippen LogP contribution is -2.31. The van der Waals surface area contributed by atoms with Crippen LogP contribution in [0, 0.1) is 6.92 Å². The molecule has 3 aromatic rings. The molecule has 0 aromatic heterocycles. The Hall–Kier alpha value is -2.91. The highest BCUT2D eigenvalue weighted by molar-refractivity contribution is 5.92. The van der Waals surface area contributed by atoms with Gasteiger partial charge in [0, 0.05) is 5.69 Å². The second-order valence-corrected chi connectivity index (χ2v) is 6.05. The number of carbonyl (C=O) groups is 1. The van der Waals surface area contributed by atoms with E-state index in [0.29, 0.717) is 0 Å². The van der Waals surface area contributed by atoms with Gasteiger partial charge in [0.25, 0.3) is 0 Å². The monoisotopic (exact) mass is 330 g/mol. The topological polar surface area (TPSA) is 41.1 Å². The average molecular weight is 330 g/mol. The molecule has 126 valence electrons. The third-order valence-corrected chi connectivity index (χ3v) is 4.07. The quantitative estimate of drug-likeness (QED) is 0.707. The molecule has 0 bridgehead atoms. The first-order valence-electron chi connectivity index (χ1n) is 8.42. The van der Waals surface area contributed by atoms with E-state index in [1.165, 1.54) is 5.56 Å². The molecule has 3 heteroatoms. The van der Waals surface area contributed by atoms with Crippen LogP contribution >= 0.6 is 0 Å². The Bertz CT molecular complexity index is 798. The summed E-state index contributed by atoms with van der Waals surface area (Å²) in [5, 5.41) is 6.29. The molecule has 0 spiro atoms. The molecule has 0 fully saturated rings. The Morgan fingerprint density at radius 3 is 2.00 bits per heavy atom. The first kappa shape index (κ1) is 16.9. The van der Waals surface area contributed by atoms with Crippen molar-refractivity contribution >= 4 is 11.6 Å². The fourth-order valence-electron chi connectivity index (χ4n) is 2.75. The van der Waals surface area contributed by atoms with E-state index in [9.17, 15) is 4.79 Å². The van der Waals surface area contributed by atoms with Crippen LogP contribution in [0.3, 0.4) is 0 Å². The number of rotatable bonds is 6. The Morgan fingerprint density at radius 1 is 0.800 bits per heavy atom. The van der Waals surface area contributed by atoms with Crippen molar-refractivity contribution in [3.63, 3.8) is 0 Å². The summed E-state index contributed by atoms with van der Waals surface area (Å²) in [7, 11) is 0. The van der Waals surface area contributed by atoms with Crippen LogP contribution < -0.4 is 10.6 Å². The van der Waals surface area contributed by atoms with Crippen LogP contribution in [0.25, 0.3) is 0 Å². The zero-order valence-corrected chi connectivity index (χ0v) is 14.3. The van der Waals surface area contributed by atoms with Gasteiger partial charge < -0.3 is 5.32 Å². The molecule has 0 heterocycles. The summed E-state index contributed by atoms with van der Waals surface area (Å²) < 4.78 is 0. The number of benzene rings is 3. The zero-order valence-electron chi connectivity index (χ0n) is 14.3. The van der Waals surface area contributed by atoms with E-state index < -0.39 is 0 Å². The van der Waals surface area contributed by atoms with E-state index in [1.807, 2.05) is 48.5 Å². The van der Waals surface area contributed by atoms with Gasteiger partial charge in [0.15, 0.2) is 0 Å². The van der Waals surface area contributed by atoms with Crippen LogP contribution in [0.1, 0.15) is 22.7 Å². The summed E-state index contributed by atoms with van der Waals surface area (Å²) >= 11 is 0. The van der Waals surface area contributed by atoms with E-state index >= 15 is 0 Å². The van der Waals surface area contributed by atoms with Crippen molar-refractivity contribution < 1.29 is 4.79 Å². The van der Waals surface area contributed by atoms with Gasteiger partial charge in [-0.2, -0.15) is 0 Å². The molecule has 0 saturated heterocycles. The second kappa shape index (κ2) is 8.27. The summed E-state index contributed by atoms with van der Waals surface area (Å²) in [5.41, 5.74) is 4.31. The summed E-state index contributed by atoms with van der Waals surface area (Å²) in [4.78, 5) is 12.3. The molecule has 0 radical (unpaired) electrons. The molecule has 0 saturated carbocycles. The summed E-state index contributed by atoms with van der Waals surface area (Å²) in [5.74, 6) is -0.0563. The second-order valence-electron chi connectivity index (χ2n) is 6.05. The fourth-order valence-corrected chi connectivity index (χ4v) is 2.75. The van der Waals surface area contributed by atoms with Crippen LogP contribution in [0.4, 0.5) is 5.69 Å². The van der Waals surface area contributed by atoms with E-state index in [-0.39, 0.29) is 18.5 Å². The van der Waals surface area contributed by atoms with Crippen LogP contribution in [0.5, 0.6) is 0 Å². The third kappa shape index (κ3) is 4.78. The van der Waals surface area contributed by atoms with E-state index in [0.717, 1.165) is 16.8 Å². The van der Waals surface area contributed by atoms with E-state index in [4.69, 9.17) is 0 Å². The molecule has 1 atom stereocenters. The van der Waals surface area contributed by atoms with Gasteiger partial charge in [-0.3, -0.25) is 10.1 Å². The molecule has 3 aromatic carbocycles. The minimum atomic E-state index is -0.0563. The molecule has 0 aliphatic rings. The van der Waals surface area contributed by atoms with Gasteiger partial charge in [0.05, 0.1) is 12.6 Å². The minimum absolute atomic E-state index is 0.0247. The van der Waals surface area contributed by atoms with E-state index in [2.05, 4.69) is 54.0 Å². The molecule has 2 N–H and O–H groups in total. The van der Waals surface area contributed by atoms with Crippen molar-refractivity contribution in [2.75, 3.05) is 11.9 Å². The molecule has 1 amide bonds. The van der Waals surface area contributed by atoms with Gasteiger partial charge in [-0.1, -0.05) is 78.4 Å². The maximum atomic E-state index is 12.3. The molecular formula is C22H22N2O. The fraction of sp³-hybridized carbons (Fsp3) is 0.136. The zero-order chi connectivity index (χ0) is 17.5. The van der Waals surface area contributed by atoms with Gasteiger partial charge in [0.2, 0.25) is 5.91 Å². The SMILES string of the molecule is Cc1ccc([C@@H](NCC(=O)Nc2ccccc2)c2ccccc2)cc1. The number of amides is 1. The third-order valence-electron chi connectivity index (χ3n) is 4.07.